The fourth-order valence-electron chi connectivity index (χ4n) is 3.47. The Balaban J connectivity index is 2.05. The van der Waals surface area contributed by atoms with Crippen LogP contribution in [0.15, 0.2) is 53.4 Å². The largest absolute Gasteiger partial charge is 0.480 e. The summed E-state index contributed by atoms with van der Waals surface area (Å²) in [6.45, 7) is 4.20. The minimum atomic E-state index is -3.67. The molecule has 1 heterocycles. The van der Waals surface area contributed by atoms with Crippen LogP contribution in [0.5, 0.6) is 0 Å². The van der Waals surface area contributed by atoms with Crippen molar-refractivity contribution in [3.8, 4) is 0 Å². The molecule has 2 aromatic rings. The summed E-state index contributed by atoms with van der Waals surface area (Å²) in [5, 5.41) is 9.62. The first-order chi connectivity index (χ1) is 13.3. The van der Waals surface area contributed by atoms with Gasteiger partial charge in [-0.1, -0.05) is 32.0 Å². The van der Waals surface area contributed by atoms with Crippen LogP contribution >= 0.6 is 0 Å². The monoisotopic (exact) mass is 402 g/mol. The van der Waals surface area contributed by atoms with Crippen molar-refractivity contribution in [1.29, 1.82) is 0 Å². The molecule has 7 nitrogen and oxygen atoms in total. The van der Waals surface area contributed by atoms with Gasteiger partial charge in [-0.3, -0.25) is 9.69 Å². The van der Waals surface area contributed by atoms with Crippen molar-refractivity contribution in [2.45, 2.75) is 31.2 Å². The Kier molecular flexibility index (Phi) is 5.53. The second kappa shape index (κ2) is 7.73. The summed E-state index contributed by atoms with van der Waals surface area (Å²) >= 11 is 0. The summed E-state index contributed by atoms with van der Waals surface area (Å²) in [7, 11) is -3.67. The van der Waals surface area contributed by atoms with Crippen LogP contribution in [-0.2, 0) is 21.2 Å². The predicted molar refractivity (Wildman–Crippen MR) is 105 cm³/mol. The topological polar surface area (TPSA) is 95.0 Å². The molecule has 0 saturated carbocycles. The first-order valence-corrected chi connectivity index (χ1v) is 10.5. The summed E-state index contributed by atoms with van der Waals surface area (Å²) in [4.78, 5) is 26.1. The van der Waals surface area contributed by atoms with Gasteiger partial charge in [0.1, 0.15) is 6.04 Å². The van der Waals surface area contributed by atoms with Crippen molar-refractivity contribution in [2.24, 2.45) is 0 Å². The van der Waals surface area contributed by atoms with Gasteiger partial charge in [-0.25, -0.2) is 13.2 Å². The average molecular weight is 402 g/mol. The minimum Gasteiger partial charge on any atom is -0.480 e. The van der Waals surface area contributed by atoms with Gasteiger partial charge in [0.15, 0.2) is 0 Å². The number of anilines is 1. The number of fused-ring (bicyclic) bond motifs is 1. The second-order valence-corrected chi connectivity index (χ2v) is 8.42. The maximum atomic E-state index is 12.9. The number of carbonyl (C=O) groups is 2. The van der Waals surface area contributed by atoms with Gasteiger partial charge < -0.3 is 5.11 Å². The van der Waals surface area contributed by atoms with Gasteiger partial charge in [-0.15, -0.1) is 0 Å². The number of hydrogen-bond donors (Lipinski definition) is 1. The molecule has 1 aliphatic heterocycles. The van der Waals surface area contributed by atoms with Gasteiger partial charge in [0.2, 0.25) is 10.0 Å². The number of carbonyl (C=O) groups excluding carboxylic acids is 1. The first kappa shape index (κ1) is 20.0. The molecule has 1 amide bonds. The lowest BCUT2D eigenvalue weighted by Gasteiger charge is -2.23. The van der Waals surface area contributed by atoms with E-state index in [1.54, 1.807) is 44.2 Å². The smallest absolute Gasteiger partial charge is 0.327 e. The lowest BCUT2D eigenvalue weighted by atomic mass is 10.1. The molecule has 0 bridgehead atoms. The molecular formula is C20H22N2O5S. The number of carboxylic acid groups (broad SMARTS) is 1. The van der Waals surface area contributed by atoms with E-state index in [9.17, 15) is 23.1 Å². The standard InChI is InChI=1S/C20H22N2O5S/c1-3-21(4-2)28(26,27)16-10-11-17-15(12-16)13-18(20(24)25)22(17)19(23)14-8-6-5-7-9-14/h5-12,18H,3-4,13H2,1-2H3,(H,24,25). The summed E-state index contributed by atoms with van der Waals surface area (Å²) < 4.78 is 26.9. The molecule has 0 spiro atoms. The quantitative estimate of drug-likeness (QED) is 0.800. The van der Waals surface area contributed by atoms with Gasteiger partial charge in [-0.2, -0.15) is 4.31 Å². The van der Waals surface area contributed by atoms with Crippen LogP contribution < -0.4 is 4.90 Å². The molecule has 0 radical (unpaired) electrons. The molecule has 0 aliphatic carbocycles. The Labute approximate surface area is 164 Å². The zero-order chi connectivity index (χ0) is 20.5. The third kappa shape index (κ3) is 3.41. The predicted octanol–water partition coefficient (Wildman–Crippen LogP) is 2.37. The molecule has 1 unspecified atom stereocenters. The van der Waals surface area contributed by atoms with Crippen molar-refractivity contribution in [2.75, 3.05) is 18.0 Å². The van der Waals surface area contributed by atoms with Crippen LogP contribution in [0.3, 0.4) is 0 Å². The highest BCUT2D eigenvalue weighted by molar-refractivity contribution is 7.89. The van der Waals surface area contributed by atoms with Crippen molar-refractivity contribution >= 4 is 27.6 Å². The van der Waals surface area contributed by atoms with Crippen LogP contribution in [0.4, 0.5) is 5.69 Å². The number of carboxylic acids is 1. The van der Waals surface area contributed by atoms with Crippen LogP contribution in [0.2, 0.25) is 0 Å². The molecule has 0 saturated heterocycles. The van der Waals surface area contributed by atoms with Crippen molar-refractivity contribution in [1.82, 2.24) is 4.31 Å². The fourth-order valence-corrected chi connectivity index (χ4v) is 4.98. The Morgan fingerprint density at radius 3 is 2.32 bits per heavy atom. The van der Waals surface area contributed by atoms with Crippen LogP contribution in [0.1, 0.15) is 29.8 Å². The summed E-state index contributed by atoms with van der Waals surface area (Å²) in [5.41, 5.74) is 1.34. The minimum absolute atomic E-state index is 0.0604. The molecule has 2 aromatic carbocycles. The normalized spacial score (nSPS) is 16.2. The van der Waals surface area contributed by atoms with E-state index in [0.717, 1.165) is 0 Å². The molecule has 28 heavy (non-hydrogen) atoms. The lowest BCUT2D eigenvalue weighted by molar-refractivity contribution is -0.138. The maximum Gasteiger partial charge on any atom is 0.327 e. The molecule has 1 atom stereocenters. The van der Waals surface area contributed by atoms with E-state index in [0.29, 0.717) is 29.9 Å². The Morgan fingerprint density at radius 2 is 1.75 bits per heavy atom. The van der Waals surface area contributed by atoms with Crippen molar-refractivity contribution < 1.29 is 23.1 Å². The number of benzene rings is 2. The van der Waals surface area contributed by atoms with Crippen LogP contribution in [-0.4, -0.2) is 48.8 Å². The molecular weight excluding hydrogens is 380 g/mol. The van der Waals surface area contributed by atoms with E-state index in [1.807, 2.05) is 0 Å². The van der Waals surface area contributed by atoms with E-state index in [2.05, 4.69) is 0 Å². The van der Waals surface area contributed by atoms with Gasteiger partial charge in [-0.05, 0) is 35.9 Å². The van der Waals surface area contributed by atoms with Gasteiger partial charge >= 0.3 is 5.97 Å². The summed E-state index contributed by atoms with van der Waals surface area (Å²) in [5.74, 6) is -1.56. The number of sulfonamides is 1. The number of amides is 1. The van der Waals surface area contributed by atoms with E-state index in [4.69, 9.17) is 0 Å². The Hall–Kier alpha value is -2.71. The number of rotatable bonds is 6. The molecule has 8 heteroatoms. The molecule has 1 N–H and O–H groups in total. The zero-order valence-electron chi connectivity index (χ0n) is 15.7. The highest BCUT2D eigenvalue weighted by Gasteiger charge is 2.39. The third-order valence-corrected chi connectivity index (χ3v) is 6.95. The van der Waals surface area contributed by atoms with Gasteiger partial charge in [0.25, 0.3) is 5.91 Å². The summed E-state index contributed by atoms with van der Waals surface area (Å²) in [6.07, 6.45) is 0.0604. The molecule has 0 fully saturated rings. The van der Waals surface area contributed by atoms with Crippen LogP contribution in [0.25, 0.3) is 0 Å². The highest BCUT2D eigenvalue weighted by atomic mass is 32.2. The van der Waals surface area contributed by atoms with E-state index in [1.165, 1.54) is 27.4 Å². The zero-order valence-corrected chi connectivity index (χ0v) is 16.5. The van der Waals surface area contributed by atoms with Crippen molar-refractivity contribution in [3.63, 3.8) is 0 Å². The molecule has 148 valence electrons. The van der Waals surface area contributed by atoms with Crippen molar-refractivity contribution in [3.05, 3.63) is 59.7 Å². The Bertz CT molecular complexity index is 1000. The molecule has 3 rings (SSSR count). The van der Waals surface area contributed by atoms with Gasteiger partial charge in [0.05, 0.1) is 4.90 Å². The average Bonchev–Trinajstić information content (AvgIpc) is 3.08. The lowest BCUT2D eigenvalue weighted by Crippen LogP contribution is -2.42. The molecule has 0 aromatic heterocycles. The number of aliphatic carboxylic acids is 1. The fraction of sp³-hybridized carbons (Fsp3) is 0.300. The van der Waals surface area contributed by atoms with E-state index >= 15 is 0 Å². The number of nitrogens with zero attached hydrogens (tertiary/aromatic N) is 2. The third-order valence-electron chi connectivity index (χ3n) is 4.90. The van der Waals surface area contributed by atoms with E-state index < -0.39 is 27.9 Å². The maximum absolute atomic E-state index is 12.9. The SMILES string of the molecule is CCN(CC)S(=O)(=O)c1ccc2c(c1)CC(C(=O)O)N2C(=O)c1ccccc1. The highest BCUT2D eigenvalue weighted by Crippen LogP contribution is 2.35. The van der Waals surface area contributed by atoms with Gasteiger partial charge in [0, 0.05) is 30.8 Å². The van der Waals surface area contributed by atoms with Crippen LogP contribution in [0, 0.1) is 0 Å². The Morgan fingerprint density at radius 1 is 1.11 bits per heavy atom. The summed E-state index contributed by atoms with van der Waals surface area (Å²) in [6, 6.07) is 11.8. The van der Waals surface area contributed by atoms with E-state index in [-0.39, 0.29) is 11.3 Å². The second-order valence-electron chi connectivity index (χ2n) is 6.48. The number of hydrogen-bond acceptors (Lipinski definition) is 4. The molecule has 1 aliphatic rings. The first-order valence-electron chi connectivity index (χ1n) is 9.05.